The van der Waals surface area contributed by atoms with E-state index in [1.54, 1.807) is 7.11 Å². The minimum atomic E-state index is 0.480. The molecule has 0 atom stereocenters. The van der Waals surface area contributed by atoms with Gasteiger partial charge in [0.2, 0.25) is 0 Å². The van der Waals surface area contributed by atoms with E-state index in [2.05, 4.69) is 19.5 Å². The molecule has 0 aliphatic rings. The van der Waals surface area contributed by atoms with Gasteiger partial charge in [0, 0.05) is 7.11 Å². The van der Waals surface area contributed by atoms with Crippen LogP contribution in [0.25, 0.3) is 0 Å². The van der Waals surface area contributed by atoms with Crippen molar-refractivity contribution >= 4 is 9.76 Å². The largest absolute Gasteiger partial charge is 0.410 e. The third-order valence-electron chi connectivity index (χ3n) is 0.820. The first-order valence-corrected chi connectivity index (χ1v) is 4.25. The third-order valence-corrected chi connectivity index (χ3v) is 1.89. The van der Waals surface area contributed by atoms with Crippen LogP contribution in [-0.2, 0) is 9.16 Å². The fourth-order valence-electron chi connectivity index (χ4n) is 0.343. The van der Waals surface area contributed by atoms with E-state index < -0.39 is 0 Å². The first kappa shape index (κ1) is 9.88. The molecule has 0 N–H and O–H groups in total. The summed E-state index contributed by atoms with van der Waals surface area (Å²) in [5, 5.41) is 0. The molecule has 2 radical (unpaired) electrons. The van der Waals surface area contributed by atoms with E-state index in [1.807, 2.05) is 0 Å². The van der Waals surface area contributed by atoms with E-state index in [9.17, 15) is 0 Å². The SMILES string of the molecule is COCCO[Si]C=C(C)C. The summed E-state index contributed by atoms with van der Waals surface area (Å²) in [4.78, 5) is 0. The Kier molecular flexibility index (Phi) is 6.90. The molecule has 58 valence electrons. The summed E-state index contributed by atoms with van der Waals surface area (Å²) < 4.78 is 10.0. The molecule has 2 nitrogen and oxygen atoms in total. The highest BCUT2D eigenvalue weighted by Gasteiger charge is 1.85. The van der Waals surface area contributed by atoms with Crippen LogP contribution in [0.4, 0.5) is 0 Å². The summed E-state index contributed by atoms with van der Waals surface area (Å²) in [6.45, 7) is 5.50. The monoisotopic (exact) mass is 158 g/mol. The molecular weight excluding hydrogens is 144 g/mol. The maximum Gasteiger partial charge on any atom is 0.260 e. The molecule has 0 bridgehead atoms. The summed E-state index contributed by atoms with van der Waals surface area (Å²) in [7, 11) is 2.15. The smallest absolute Gasteiger partial charge is 0.260 e. The van der Waals surface area contributed by atoms with Crippen LogP contribution < -0.4 is 0 Å². The Balaban J connectivity index is 2.98. The minimum absolute atomic E-state index is 0.480. The first-order chi connectivity index (χ1) is 4.77. The second-order valence-electron chi connectivity index (χ2n) is 2.18. The Labute approximate surface area is 65.2 Å². The van der Waals surface area contributed by atoms with Crippen molar-refractivity contribution in [3.05, 3.63) is 11.3 Å². The van der Waals surface area contributed by atoms with E-state index in [0.717, 1.165) is 0 Å². The summed E-state index contributed by atoms with van der Waals surface area (Å²) in [5.74, 6) is 0. The highest BCUT2D eigenvalue weighted by molar-refractivity contribution is 6.34. The quantitative estimate of drug-likeness (QED) is 0.442. The van der Waals surface area contributed by atoms with Gasteiger partial charge in [0.05, 0.1) is 13.2 Å². The van der Waals surface area contributed by atoms with Crippen molar-refractivity contribution in [1.29, 1.82) is 0 Å². The highest BCUT2D eigenvalue weighted by atomic mass is 28.2. The number of hydrogen-bond donors (Lipinski definition) is 0. The van der Waals surface area contributed by atoms with Crippen molar-refractivity contribution < 1.29 is 9.16 Å². The van der Waals surface area contributed by atoms with Crippen molar-refractivity contribution in [2.45, 2.75) is 13.8 Å². The maximum atomic E-state index is 5.21. The zero-order valence-electron chi connectivity index (χ0n) is 6.81. The molecule has 0 aliphatic carbocycles. The van der Waals surface area contributed by atoms with E-state index >= 15 is 0 Å². The second kappa shape index (κ2) is 6.99. The molecule has 0 rings (SSSR count). The number of ether oxygens (including phenoxy) is 1. The van der Waals surface area contributed by atoms with Gasteiger partial charge in [0.15, 0.2) is 0 Å². The first-order valence-electron chi connectivity index (χ1n) is 3.27. The van der Waals surface area contributed by atoms with Crippen LogP contribution >= 0.6 is 0 Å². The van der Waals surface area contributed by atoms with Gasteiger partial charge in [-0.3, -0.25) is 0 Å². The zero-order chi connectivity index (χ0) is 7.82. The van der Waals surface area contributed by atoms with Gasteiger partial charge in [-0.05, 0) is 13.8 Å². The van der Waals surface area contributed by atoms with Gasteiger partial charge in [-0.1, -0.05) is 11.3 Å². The average Bonchev–Trinajstić information content (AvgIpc) is 1.87. The third kappa shape index (κ3) is 7.88. The van der Waals surface area contributed by atoms with Crippen molar-refractivity contribution in [2.75, 3.05) is 20.3 Å². The summed E-state index contributed by atoms with van der Waals surface area (Å²) in [6, 6.07) is 0. The van der Waals surface area contributed by atoms with E-state index in [1.165, 1.54) is 5.57 Å². The lowest BCUT2D eigenvalue weighted by atomic mass is 10.4. The van der Waals surface area contributed by atoms with E-state index in [0.29, 0.717) is 23.0 Å². The Morgan fingerprint density at radius 1 is 1.40 bits per heavy atom. The standard InChI is InChI=1S/C7H14O2Si/c1-7(2)6-10-9-5-4-8-3/h6H,4-5H2,1-3H3. The fraction of sp³-hybridized carbons (Fsp3) is 0.714. The minimum Gasteiger partial charge on any atom is -0.410 e. The van der Waals surface area contributed by atoms with Gasteiger partial charge in [-0.2, -0.15) is 0 Å². The van der Waals surface area contributed by atoms with Gasteiger partial charge < -0.3 is 9.16 Å². The molecule has 0 fully saturated rings. The normalized spacial score (nSPS) is 9.50. The Morgan fingerprint density at radius 3 is 2.60 bits per heavy atom. The van der Waals surface area contributed by atoms with Crippen molar-refractivity contribution in [3.8, 4) is 0 Å². The van der Waals surface area contributed by atoms with Crippen LogP contribution in [0.3, 0.4) is 0 Å². The number of rotatable bonds is 5. The van der Waals surface area contributed by atoms with Gasteiger partial charge in [0.1, 0.15) is 0 Å². The lowest BCUT2D eigenvalue weighted by Crippen LogP contribution is -2.03. The number of allylic oxidation sites excluding steroid dienone is 1. The molecule has 0 spiro atoms. The molecule has 0 aromatic rings. The summed E-state index contributed by atoms with van der Waals surface area (Å²) in [5.41, 5.74) is 3.38. The van der Waals surface area contributed by atoms with Crippen LogP contribution in [0, 0.1) is 0 Å². The molecule has 0 aliphatic heterocycles. The Morgan fingerprint density at radius 2 is 2.10 bits per heavy atom. The number of methoxy groups -OCH3 is 1. The second-order valence-corrected chi connectivity index (χ2v) is 2.99. The van der Waals surface area contributed by atoms with Crippen LogP contribution in [0.15, 0.2) is 11.3 Å². The fourth-order valence-corrected chi connectivity index (χ4v) is 0.864. The molecule has 0 unspecified atom stereocenters. The molecule has 0 aromatic carbocycles. The highest BCUT2D eigenvalue weighted by Crippen LogP contribution is 1.85. The molecule has 0 heterocycles. The molecule has 0 saturated heterocycles. The van der Waals surface area contributed by atoms with Crippen molar-refractivity contribution in [1.82, 2.24) is 0 Å². The lowest BCUT2D eigenvalue weighted by Gasteiger charge is -1.97. The van der Waals surface area contributed by atoms with Crippen LogP contribution in [0.1, 0.15) is 13.8 Å². The van der Waals surface area contributed by atoms with E-state index in [-0.39, 0.29) is 0 Å². The summed E-state index contributed by atoms with van der Waals surface area (Å²) >= 11 is 0. The predicted octanol–water partition coefficient (Wildman–Crippen LogP) is 1.19. The van der Waals surface area contributed by atoms with Crippen LogP contribution in [0.2, 0.25) is 0 Å². The van der Waals surface area contributed by atoms with Gasteiger partial charge >= 0.3 is 0 Å². The molecule has 0 aromatic heterocycles. The lowest BCUT2D eigenvalue weighted by molar-refractivity contribution is 0.150. The molecule has 0 saturated carbocycles. The zero-order valence-corrected chi connectivity index (χ0v) is 7.81. The van der Waals surface area contributed by atoms with Crippen molar-refractivity contribution in [3.63, 3.8) is 0 Å². The van der Waals surface area contributed by atoms with Gasteiger partial charge in [-0.25, -0.2) is 0 Å². The molecule has 10 heavy (non-hydrogen) atoms. The summed E-state index contributed by atoms with van der Waals surface area (Å²) in [6.07, 6.45) is 0. The Hall–Kier alpha value is -0.123. The Bertz CT molecular complexity index is 97.8. The predicted molar refractivity (Wildman–Crippen MR) is 43.0 cm³/mol. The molecule has 0 amide bonds. The van der Waals surface area contributed by atoms with Crippen LogP contribution in [-0.4, -0.2) is 30.1 Å². The van der Waals surface area contributed by atoms with Gasteiger partial charge in [-0.15, -0.1) is 0 Å². The molecular formula is C7H14O2Si. The topological polar surface area (TPSA) is 18.5 Å². The maximum absolute atomic E-state index is 5.21. The van der Waals surface area contributed by atoms with Crippen molar-refractivity contribution in [2.24, 2.45) is 0 Å². The number of hydrogen-bond acceptors (Lipinski definition) is 2. The van der Waals surface area contributed by atoms with E-state index in [4.69, 9.17) is 9.16 Å². The molecule has 3 heteroatoms. The van der Waals surface area contributed by atoms with Gasteiger partial charge in [0.25, 0.3) is 9.76 Å². The van der Waals surface area contributed by atoms with Crippen LogP contribution in [0.5, 0.6) is 0 Å². The average molecular weight is 158 g/mol.